The normalized spacial score (nSPS) is 23.4. The van der Waals surface area contributed by atoms with Crippen LogP contribution in [0.15, 0.2) is 29.2 Å². The van der Waals surface area contributed by atoms with Gasteiger partial charge in [0, 0.05) is 37.8 Å². The number of aryl methyl sites for hydroxylation is 1. The fourth-order valence-corrected chi connectivity index (χ4v) is 6.18. The van der Waals surface area contributed by atoms with Crippen LogP contribution in [0.3, 0.4) is 0 Å². The Labute approximate surface area is 246 Å². The fourth-order valence-electron chi connectivity index (χ4n) is 6.04. The van der Waals surface area contributed by atoms with E-state index in [-0.39, 0.29) is 35.1 Å². The molecule has 13 heteroatoms. The highest BCUT2D eigenvalue weighted by Crippen LogP contribution is 2.45. The van der Waals surface area contributed by atoms with Crippen LogP contribution in [0.25, 0.3) is 10.9 Å². The fraction of sp³-hybridized carbons (Fsp3) is 0.517. The second-order valence-electron chi connectivity index (χ2n) is 11.6. The molecule has 6 rings (SSSR count). The number of carbonyl (C=O) groups excluding carboxylic acids is 1. The van der Waals surface area contributed by atoms with Gasteiger partial charge in [-0.25, -0.2) is 13.8 Å². The highest BCUT2D eigenvalue weighted by molar-refractivity contribution is 6.33. The van der Waals surface area contributed by atoms with E-state index in [1.165, 1.54) is 10.8 Å². The Kier molecular flexibility index (Phi) is 7.36. The van der Waals surface area contributed by atoms with Gasteiger partial charge in [0.2, 0.25) is 17.6 Å². The summed E-state index contributed by atoms with van der Waals surface area (Å²) in [7, 11) is 1.59. The van der Waals surface area contributed by atoms with Gasteiger partial charge in [0.05, 0.1) is 29.4 Å². The number of nitrogens with one attached hydrogen (secondary N) is 3. The van der Waals surface area contributed by atoms with Crippen molar-refractivity contribution in [2.24, 2.45) is 24.8 Å². The number of amides is 1. The van der Waals surface area contributed by atoms with E-state index in [2.05, 4.69) is 32.8 Å². The van der Waals surface area contributed by atoms with Gasteiger partial charge in [0.15, 0.2) is 12.4 Å². The van der Waals surface area contributed by atoms with Crippen LogP contribution in [0.5, 0.6) is 5.75 Å². The average Bonchev–Trinajstić information content (AvgIpc) is 3.80. The van der Waals surface area contributed by atoms with E-state index >= 15 is 0 Å². The Morgan fingerprint density at radius 1 is 1.29 bits per heavy atom. The predicted octanol–water partition coefficient (Wildman–Crippen LogP) is 4.54. The number of halogens is 3. The van der Waals surface area contributed by atoms with E-state index in [9.17, 15) is 18.4 Å². The average molecular weight is 602 g/mol. The summed E-state index contributed by atoms with van der Waals surface area (Å²) in [5.41, 5.74) is 0.929. The van der Waals surface area contributed by atoms with E-state index < -0.39 is 24.1 Å². The molecule has 42 heavy (non-hydrogen) atoms. The van der Waals surface area contributed by atoms with Gasteiger partial charge in [-0.15, -0.1) is 0 Å². The number of hydrogen-bond donors (Lipinski definition) is 3. The first kappa shape index (κ1) is 28.4. The van der Waals surface area contributed by atoms with Crippen LogP contribution in [0, 0.1) is 17.8 Å². The Bertz CT molecular complexity index is 1600. The first-order chi connectivity index (χ1) is 20.1. The second kappa shape index (κ2) is 10.9. The summed E-state index contributed by atoms with van der Waals surface area (Å²) in [4.78, 5) is 36.8. The molecule has 3 N–H and O–H groups in total. The topological polar surface area (TPSA) is 113 Å². The highest BCUT2D eigenvalue weighted by Gasteiger charge is 2.51. The van der Waals surface area contributed by atoms with E-state index in [0.717, 1.165) is 6.42 Å². The van der Waals surface area contributed by atoms with Gasteiger partial charge in [-0.3, -0.25) is 9.59 Å². The Balaban J connectivity index is 1.33. The largest absolute Gasteiger partial charge is 0.480 e. The molecule has 3 atom stereocenters. The molecule has 1 aliphatic carbocycles. The van der Waals surface area contributed by atoms with E-state index in [4.69, 9.17) is 16.3 Å². The van der Waals surface area contributed by atoms with Crippen molar-refractivity contribution in [3.63, 3.8) is 0 Å². The molecule has 3 aliphatic rings. The number of alkyl halides is 2. The molecule has 1 amide bonds. The lowest BCUT2D eigenvalue weighted by Crippen LogP contribution is -2.46. The number of anilines is 4. The van der Waals surface area contributed by atoms with E-state index in [1.54, 1.807) is 25.2 Å². The van der Waals surface area contributed by atoms with Crippen LogP contribution < -0.4 is 31.1 Å². The molecule has 0 radical (unpaired) electrons. The lowest BCUT2D eigenvalue weighted by molar-refractivity contribution is -0.125. The Morgan fingerprint density at radius 2 is 2.07 bits per heavy atom. The summed E-state index contributed by atoms with van der Waals surface area (Å²) < 4.78 is 36.8. The minimum atomic E-state index is -3.12. The molecule has 1 saturated carbocycles. The third-order valence-electron chi connectivity index (χ3n) is 8.27. The lowest BCUT2D eigenvalue weighted by atomic mass is 9.90. The molecule has 2 aromatic heterocycles. The first-order valence-corrected chi connectivity index (χ1v) is 14.7. The predicted molar refractivity (Wildman–Crippen MR) is 158 cm³/mol. The van der Waals surface area contributed by atoms with Gasteiger partial charge in [-0.05, 0) is 56.2 Å². The number of nitrogens with zero attached hydrogens (tertiary/aromatic N) is 4. The zero-order valence-electron chi connectivity index (χ0n) is 23.7. The Morgan fingerprint density at radius 3 is 2.81 bits per heavy atom. The van der Waals surface area contributed by atoms with Crippen LogP contribution in [0.4, 0.5) is 31.9 Å². The van der Waals surface area contributed by atoms with Crippen LogP contribution in [-0.4, -0.2) is 58.6 Å². The van der Waals surface area contributed by atoms with Crippen molar-refractivity contribution < 1.29 is 18.3 Å². The first-order valence-electron chi connectivity index (χ1n) is 14.3. The quantitative estimate of drug-likeness (QED) is 0.377. The number of pyridine rings is 1. The summed E-state index contributed by atoms with van der Waals surface area (Å²) in [5, 5.41) is 9.99. The number of fused-ring (bicyclic) bond motifs is 3. The highest BCUT2D eigenvalue weighted by atomic mass is 35.5. The summed E-state index contributed by atoms with van der Waals surface area (Å²) in [6.45, 7) is 4.90. The SMILES string of the molecule is CCNC(=O)[C@H]1C[C@@H](C)CN(c2ncc(Cl)c(Nc3ccc4c(c3)c3c(c(=O)n4C)OCC(F)(F)C(C4CC4)N3)n2)C1. The van der Waals surface area contributed by atoms with Gasteiger partial charge in [-0.1, -0.05) is 18.5 Å². The third-order valence-corrected chi connectivity index (χ3v) is 8.55. The van der Waals surface area contributed by atoms with Crippen LogP contribution in [-0.2, 0) is 11.8 Å². The summed E-state index contributed by atoms with van der Waals surface area (Å²) in [6.07, 6.45) is 3.70. The number of ether oxygens (including phenoxy) is 1. The third kappa shape index (κ3) is 5.32. The summed E-state index contributed by atoms with van der Waals surface area (Å²) >= 11 is 6.50. The number of benzene rings is 1. The van der Waals surface area contributed by atoms with Crippen molar-refractivity contribution in [1.29, 1.82) is 0 Å². The van der Waals surface area contributed by atoms with Gasteiger partial charge in [0.25, 0.3) is 5.56 Å². The summed E-state index contributed by atoms with van der Waals surface area (Å²) in [6, 6.07) is 4.16. The maximum absolute atomic E-state index is 15.0. The van der Waals surface area contributed by atoms with Crippen molar-refractivity contribution in [2.75, 3.05) is 41.8 Å². The van der Waals surface area contributed by atoms with Gasteiger partial charge < -0.3 is 30.2 Å². The van der Waals surface area contributed by atoms with Gasteiger partial charge >= 0.3 is 5.92 Å². The number of aromatic nitrogens is 3. The van der Waals surface area contributed by atoms with Crippen molar-refractivity contribution in [1.82, 2.24) is 19.9 Å². The van der Waals surface area contributed by atoms with E-state index in [0.29, 0.717) is 65.9 Å². The van der Waals surface area contributed by atoms with Crippen molar-refractivity contribution in [3.05, 3.63) is 39.8 Å². The van der Waals surface area contributed by atoms with Gasteiger partial charge in [0.1, 0.15) is 5.02 Å². The van der Waals surface area contributed by atoms with E-state index in [1.807, 2.05) is 11.8 Å². The molecule has 1 unspecified atom stereocenters. The number of piperidine rings is 1. The molecule has 3 aromatic rings. The molecule has 1 saturated heterocycles. The summed E-state index contributed by atoms with van der Waals surface area (Å²) in [5.74, 6) is -2.50. The van der Waals surface area contributed by atoms with Crippen molar-refractivity contribution in [2.45, 2.75) is 45.1 Å². The molecule has 2 fully saturated rings. The molecule has 1 aromatic carbocycles. The van der Waals surface area contributed by atoms with Crippen LogP contribution >= 0.6 is 11.6 Å². The van der Waals surface area contributed by atoms with Crippen LogP contribution in [0.2, 0.25) is 5.02 Å². The number of hydrogen-bond acceptors (Lipinski definition) is 8. The zero-order chi connectivity index (χ0) is 29.8. The molecule has 0 bridgehead atoms. The number of rotatable bonds is 6. The lowest BCUT2D eigenvalue weighted by Gasteiger charge is -2.35. The molecule has 10 nitrogen and oxygen atoms in total. The monoisotopic (exact) mass is 601 g/mol. The molecular formula is C29H34ClF2N7O3. The molecule has 0 spiro atoms. The smallest absolute Gasteiger partial charge is 0.301 e. The van der Waals surface area contributed by atoms with Crippen LogP contribution in [0.1, 0.15) is 33.1 Å². The minimum Gasteiger partial charge on any atom is -0.480 e. The van der Waals surface area contributed by atoms with Crippen molar-refractivity contribution >= 4 is 51.6 Å². The molecule has 4 heterocycles. The minimum absolute atomic E-state index is 0.0188. The molecule has 224 valence electrons. The number of carbonyl (C=O) groups is 1. The van der Waals surface area contributed by atoms with Crippen molar-refractivity contribution in [3.8, 4) is 5.75 Å². The maximum Gasteiger partial charge on any atom is 0.301 e. The zero-order valence-corrected chi connectivity index (χ0v) is 24.5. The Hall–Kier alpha value is -3.67. The standard InChI is InChI=1S/C29H34ClF2N7O3/c1-4-33-26(40)17-9-15(2)12-39(13-17)28-34-11-20(30)25(37-28)35-18-7-8-21-19(10-18)22-23(27(41)38(21)3)42-14-29(31,32)24(36-22)16-5-6-16/h7-8,10-11,15-17,24,36H,4-6,9,12-14H2,1-3H3,(H,33,40)(H,34,35,37)/t15-,17+,24?/m1/s1. The second-order valence-corrected chi connectivity index (χ2v) is 12.0. The maximum atomic E-state index is 15.0. The molecule has 2 aliphatic heterocycles. The van der Waals surface area contributed by atoms with Gasteiger partial charge in [-0.2, -0.15) is 4.98 Å². The molecular weight excluding hydrogens is 568 g/mol.